The summed E-state index contributed by atoms with van der Waals surface area (Å²) in [5.41, 5.74) is 1.63. The van der Waals surface area contributed by atoms with Crippen molar-refractivity contribution in [3.05, 3.63) is 141 Å². The number of oxazole rings is 1. The van der Waals surface area contributed by atoms with Crippen LogP contribution in [0.2, 0.25) is 0 Å². The molecule has 0 aliphatic carbocycles. The van der Waals surface area contributed by atoms with Crippen molar-refractivity contribution in [2.24, 2.45) is 16.2 Å². The number of imide groups is 6. The van der Waals surface area contributed by atoms with Crippen LogP contribution in [0.5, 0.6) is 0 Å². The summed E-state index contributed by atoms with van der Waals surface area (Å²) in [6.45, 7) is 12.7. The number of Topliss-reactive ketones (excluding diaryl/α,β-unsaturated/α-hetero) is 3. The van der Waals surface area contributed by atoms with Gasteiger partial charge in [-0.3, -0.25) is 75.1 Å². The van der Waals surface area contributed by atoms with Gasteiger partial charge in [0.25, 0.3) is 0 Å². The number of imidazole rings is 1. The predicted octanol–water partition coefficient (Wildman–Crippen LogP) is 4.35. The zero-order valence-electron chi connectivity index (χ0n) is 55.0. The van der Waals surface area contributed by atoms with Gasteiger partial charge >= 0.3 is 18.1 Å². The summed E-state index contributed by atoms with van der Waals surface area (Å²) in [7, 11) is 0. The Hall–Kier alpha value is -10.2. The number of nitrogens with zero attached hydrogens (tertiary/aromatic N) is 6. The molecule has 30 heteroatoms. The van der Waals surface area contributed by atoms with E-state index in [1.807, 2.05) is 79.8 Å². The number of barbiturate groups is 3. The highest BCUT2D eigenvalue weighted by Crippen LogP contribution is 2.50. The van der Waals surface area contributed by atoms with Crippen molar-refractivity contribution in [2.75, 3.05) is 34.3 Å². The van der Waals surface area contributed by atoms with E-state index in [1.165, 1.54) is 23.8 Å². The zero-order valence-corrected chi connectivity index (χ0v) is 55.8. The lowest BCUT2D eigenvalue weighted by atomic mass is 9.66. The lowest BCUT2D eigenvalue weighted by molar-refractivity contribution is -0.154. The first-order valence-corrected chi connectivity index (χ1v) is 33.8. The van der Waals surface area contributed by atoms with E-state index in [-0.39, 0.29) is 67.8 Å². The van der Waals surface area contributed by atoms with Gasteiger partial charge in [0.2, 0.25) is 35.4 Å². The number of morpholine rings is 3. The van der Waals surface area contributed by atoms with Crippen LogP contribution < -0.4 is 46.6 Å². The molecule has 0 saturated carbocycles. The van der Waals surface area contributed by atoms with Crippen molar-refractivity contribution >= 4 is 99.3 Å². The van der Waals surface area contributed by atoms with Gasteiger partial charge in [-0.15, -0.1) is 11.3 Å². The van der Waals surface area contributed by atoms with Crippen LogP contribution in [0.4, 0.5) is 31.4 Å². The Balaban J connectivity index is 0.000000133. The molecule has 3 spiro atoms. The molecule has 0 radical (unpaired) electrons. The molecule has 3 aromatic heterocycles. The monoisotopic (exact) mass is 1370 g/mol. The Morgan fingerprint density at radius 3 is 1.18 bits per heavy atom. The van der Waals surface area contributed by atoms with Gasteiger partial charge in [0.05, 0.1) is 66.0 Å². The first-order chi connectivity index (χ1) is 47.4. The van der Waals surface area contributed by atoms with Crippen LogP contribution in [0.15, 0.2) is 95.4 Å². The molecular weight excluding hydrogens is 1300 g/mol. The molecule has 99 heavy (non-hydrogen) atoms. The second-order valence-corrected chi connectivity index (χ2v) is 27.6. The Labute approximate surface area is 570 Å². The molecule has 6 aromatic rings. The third-order valence-electron chi connectivity index (χ3n) is 20.1. The third-order valence-corrected chi connectivity index (χ3v) is 21.0. The number of carbonyl (C=O) groups is 12. The van der Waals surface area contributed by atoms with Gasteiger partial charge in [0.15, 0.2) is 39.5 Å². The number of aromatic amines is 1. The molecule has 12 heterocycles. The summed E-state index contributed by atoms with van der Waals surface area (Å²) in [5, 5.41) is 16.4. The first-order valence-electron chi connectivity index (χ1n) is 32.9. The van der Waals surface area contributed by atoms with E-state index in [9.17, 15) is 57.5 Å². The minimum absolute atomic E-state index is 0.0272. The van der Waals surface area contributed by atoms with Gasteiger partial charge in [-0.2, -0.15) is 0 Å². The van der Waals surface area contributed by atoms with Crippen LogP contribution in [0.3, 0.4) is 0 Å². The molecule has 9 aliphatic rings. The molecule has 15 rings (SSSR count). The molecule has 29 nitrogen and oxygen atoms in total. The van der Waals surface area contributed by atoms with Gasteiger partial charge in [-0.1, -0.05) is 0 Å². The minimum Gasteiger partial charge on any atom is -0.449 e. The molecule has 9 aliphatic heterocycles. The number of hydrogen-bond donors (Lipinski definition) is 7. The average Bonchev–Trinajstić information content (AvgIpc) is 0.787. The summed E-state index contributed by atoms with van der Waals surface area (Å²) in [4.78, 5) is 175. The Morgan fingerprint density at radius 1 is 0.475 bits per heavy atom. The van der Waals surface area contributed by atoms with Gasteiger partial charge < -0.3 is 38.3 Å². The molecule has 0 unspecified atom stereocenters. The number of aromatic nitrogens is 4. The van der Waals surface area contributed by atoms with Gasteiger partial charge in [0, 0.05) is 116 Å². The number of aryl methyl sites for hydroxylation is 3. The number of ketones is 3. The van der Waals surface area contributed by atoms with E-state index in [0.717, 1.165) is 39.0 Å². The molecule has 6 fully saturated rings. The normalized spacial score (nSPS) is 25.8. The van der Waals surface area contributed by atoms with E-state index < -0.39 is 106 Å². The molecule has 6 saturated heterocycles. The van der Waals surface area contributed by atoms with Crippen LogP contribution in [0, 0.1) is 16.2 Å². The third kappa shape index (κ3) is 12.2. The second-order valence-electron chi connectivity index (χ2n) is 26.6. The quantitative estimate of drug-likeness (QED) is 0.0661. The topological polar surface area (TPSA) is 382 Å². The number of hydrogen-bond acceptors (Lipinski definition) is 23. The standard InChI is InChI=1S/C23H25N5O5.C23H24N4O6.C23H24N4O5S/c1-12-11-28-16-4-3-14(17(29)5-6-18-24-7-8-25-18)9-15(16)10-23(19(28)13(2)33-12)20(30)26-22(32)27-21(23)31;1-12-11-27-16-4-3-14(17(28)5-6-18-24-7-8-32-18)9-15(16)10-23(19(27)13(2)33-12)20(29)25-22(31)26-21(23)30;1-12-11-27-16-4-3-14(17(28)5-6-18-24-7-8-33-18)9-15(16)10-23(19(27)13(2)32-12)20(29)25-22(31)26-21(23)30/h3-4,7-9,12-13,19H,5-6,10-11H2,1-2H3,(H,24,25)(H2,26,27,30,31,32);2*3-4,7-9,12-13,19H,5-6,10-11H2,1-2H3,(H2,25,26,29,30,31)/t3*12-,13+,19-/m111/s1. The van der Waals surface area contributed by atoms with Gasteiger partial charge in [0.1, 0.15) is 12.1 Å². The number of H-pyrrole nitrogens is 1. The number of amides is 12. The van der Waals surface area contributed by atoms with Crippen molar-refractivity contribution in [3.8, 4) is 0 Å². The highest BCUT2D eigenvalue weighted by Gasteiger charge is 2.66. The number of ether oxygens (including phenoxy) is 3. The summed E-state index contributed by atoms with van der Waals surface area (Å²) in [5.74, 6) is -2.81. The fraction of sp³-hybridized carbons (Fsp3) is 0.435. The predicted molar refractivity (Wildman–Crippen MR) is 351 cm³/mol. The molecule has 3 aromatic carbocycles. The van der Waals surface area contributed by atoms with Crippen LogP contribution in [0.1, 0.15) is 125 Å². The Morgan fingerprint density at radius 2 is 0.848 bits per heavy atom. The second kappa shape index (κ2) is 26.6. The van der Waals surface area contributed by atoms with Crippen molar-refractivity contribution in [1.29, 1.82) is 0 Å². The molecular formula is C69H73N13O16S. The Kier molecular flexibility index (Phi) is 18.1. The van der Waals surface area contributed by atoms with E-state index in [1.54, 1.807) is 55.0 Å². The number of fused-ring (bicyclic) bond motifs is 12. The molecule has 7 N–H and O–H groups in total. The highest BCUT2D eigenvalue weighted by atomic mass is 32.1. The van der Waals surface area contributed by atoms with Crippen LogP contribution in [-0.2, 0) is 81.5 Å². The van der Waals surface area contributed by atoms with Gasteiger partial charge in [-0.25, -0.2) is 29.3 Å². The maximum absolute atomic E-state index is 13.2. The van der Waals surface area contributed by atoms with Crippen molar-refractivity contribution < 1.29 is 76.2 Å². The maximum atomic E-state index is 13.2. The van der Waals surface area contributed by atoms with Crippen molar-refractivity contribution in [2.45, 2.75) is 154 Å². The Bertz CT molecular complexity index is 3800. The van der Waals surface area contributed by atoms with Crippen molar-refractivity contribution in [1.82, 2.24) is 51.8 Å². The van der Waals surface area contributed by atoms with Crippen LogP contribution in [0.25, 0.3) is 0 Å². The number of urea groups is 3. The SMILES string of the molecule is C[C@@H]1CN2c3ccc(C(=O)CCc4ncc[nH]4)cc3CC3(C(=O)NC(=O)NC3=O)[C@H]2[C@H](C)O1.C[C@@H]1CN2c3ccc(C(=O)CCc4ncco4)cc3CC3(C(=O)NC(=O)NC3=O)[C@H]2[C@H](C)O1.C[C@@H]1CN2c3ccc(C(=O)CCc4nccs4)cc3CC3(C(=O)NC(=O)NC3=O)[C@H]2[C@H](C)O1. The van der Waals surface area contributed by atoms with E-state index in [4.69, 9.17) is 18.6 Å². The fourth-order valence-electron chi connectivity index (χ4n) is 16.2. The fourth-order valence-corrected chi connectivity index (χ4v) is 16.8. The van der Waals surface area contributed by atoms with Crippen molar-refractivity contribution in [3.63, 3.8) is 0 Å². The number of thiazole rings is 1. The molecule has 9 atom stereocenters. The number of rotatable bonds is 12. The van der Waals surface area contributed by atoms with E-state index >= 15 is 0 Å². The number of anilines is 3. The van der Waals surface area contributed by atoms with Crippen LogP contribution in [-0.4, -0.2) is 165 Å². The number of nitrogens with one attached hydrogen (secondary N) is 7. The van der Waals surface area contributed by atoms with E-state index in [2.05, 4.69) is 51.8 Å². The van der Waals surface area contributed by atoms with E-state index in [0.29, 0.717) is 73.5 Å². The van der Waals surface area contributed by atoms with Gasteiger partial charge in [-0.05, 0) is 132 Å². The zero-order chi connectivity index (χ0) is 70.0. The van der Waals surface area contributed by atoms with Crippen LogP contribution >= 0.6 is 11.3 Å². The summed E-state index contributed by atoms with van der Waals surface area (Å²) in [6, 6.07) is 12.0. The average molecular weight is 1370 g/mol. The minimum atomic E-state index is -1.56. The lowest BCUT2D eigenvalue weighted by Gasteiger charge is -2.55. The smallest absolute Gasteiger partial charge is 0.328 e. The number of benzene rings is 3. The highest BCUT2D eigenvalue weighted by molar-refractivity contribution is 7.09. The molecule has 0 bridgehead atoms. The first kappa shape index (κ1) is 67.4. The summed E-state index contributed by atoms with van der Waals surface area (Å²) in [6.07, 6.45) is 8.84. The summed E-state index contributed by atoms with van der Waals surface area (Å²) < 4.78 is 23.2. The lowest BCUT2D eigenvalue weighted by Crippen LogP contribution is -2.75. The largest absolute Gasteiger partial charge is 0.449 e. The maximum Gasteiger partial charge on any atom is 0.328 e. The summed E-state index contributed by atoms with van der Waals surface area (Å²) >= 11 is 1.51. The molecule has 516 valence electrons. The molecule has 12 amide bonds. The number of carbonyl (C=O) groups excluding carboxylic acids is 12.